The second-order valence-corrected chi connectivity index (χ2v) is 4.26. The smallest absolute Gasteiger partial charge is 0.123 e. The van der Waals surface area contributed by atoms with E-state index in [9.17, 15) is 0 Å². The van der Waals surface area contributed by atoms with Crippen molar-refractivity contribution in [1.29, 1.82) is 0 Å². The maximum Gasteiger partial charge on any atom is 0.123 e. The molecule has 1 rings (SSSR count). The van der Waals surface area contributed by atoms with E-state index in [1.54, 1.807) is 7.11 Å². The van der Waals surface area contributed by atoms with Gasteiger partial charge in [0.05, 0.1) is 13.7 Å². The Morgan fingerprint density at radius 1 is 1.35 bits per heavy atom. The molecule has 0 saturated carbocycles. The van der Waals surface area contributed by atoms with E-state index in [4.69, 9.17) is 9.47 Å². The van der Waals surface area contributed by atoms with Crippen LogP contribution in [0.1, 0.15) is 25.0 Å². The van der Waals surface area contributed by atoms with Crippen molar-refractivity contribution in [2.45, 2.75) is 33.4 Å². The van der Waals surface area contributed by atoms with Gasteiger partial charge in [0.15, 0.2) is 0 Å². The summed E-state index contributed by atoms with van der Waals surface area (Å²) >= 11 is 0. The summed E-state index contributed by atoms with van der Waals surface area (Å²) < 4.78 is 10.7. The summed E-state index contributed by atoms with van der Waals surface area (Å²) in [4.78, 5) is 0. The van der Waals surface area contributed by atoms with Crippen molar-refractivity contribution >= 4 is 0 Å². The second kappa shape index (κ2) is 7.30. The van der Waals surface area contributed by atoms with Crippen molar-refractivity contribution in [2.24, 2.45) is 0 Å². The molecule has 0 bridgehead atoms. The summed E-state index contributed by atoms with van der Waals surface area (Å²) in [5.41, 5.74) is 2.44. The zero-order valence-electron chi connectivity index (χ0n) is 11.2. The molecule has 0 amide bonds. The van der Waals surface area contributed by atoms with Crippen molar-refractivity contribution in [3.63, 3.8) is 0 Å². The molecular weight excluding hydrogens is 214 g/mol. The number of benzene rings is 1. The molecule has 17 heavy (non-hydrogen) atoms. The largest absolute Gasteiger partial charge is 0.496 e. The molecule has 96 valence electrons. The normalized spacial score (nSPS) is 12.5. The fourth-order valence-corrected chi connectivity index (χ4v) is 1.68. The van der Waals surface area contributed by atoms with Gasteiger partial charge in [-0.3, -0.25) is 0 Å². The SMILES string of the molecule is CCOCC(C)NCc1cc(C)ccc1OC. The van der Waals surface area contributed by atoms with Crippen LogP contribution >= 0.6 is 0 Å². The Labute approximate surface area is 104 Å². The van der Waals surface area contributed by atoms with Gasteiger partial charge in [0.25, 0.3) is 0 Å². The van der Waals surface area contributed by atoms with Crippen LogP contribution in [-0.2, 0) is 11.3 Å². The van der Waals surface area contributed by atoms with Crippen LogP contribution in [0.15, 0.2) is 18.2 Å². The van der Waals surface area contributed by atoms with Crippen molar-refractivity contribution in [1.82, 2.24) is 5.32 Å². The van der Waals surface area contributed by atoms with E-state index in [1.807, 2.05) is 13.0 Å². The summed E-state index contributed by atoms with van der Waals surface area (Å²) in [6, 6.07) is 6.57. The monoisotopic (exact) mass is 237 g/mol. The van der Waals surface area contributed by atoms with Gasteiger partial charge in [-0.25, -0.2) is 0 Å². The first kappa shape index (κ1) is 14.0. The Balaban J connectivity index is 2.52. The van der Waals surface area contributed by atoms with Gasteiger partial charge in [0.1, 0.15) is 5.75 Å². The fraction of sp³-hybridized carbons (Fsp3) is 0.571. The number of aryl methyl sites for hydroxylation is 1. The highest BCUT2D eigenvalue weighted by Crippen LogP contribution is 2.19. The van der Waals surface area contributed by atoms with Crippen molar-refractivity contribution in [2.75, 3.05) is 20.3 Å². The molecule has 0 aromatic heterocycles. The van der Waals surface area contributed by atoms with Crippen LogP contribution in [0.5, 0.6) is 5.75 Å². The molecule has 0 heterocycles. The maximum atomic E-state index is 5.37. The quantitative estimate of drug-likeness (QED) is 0.790. The lowest BCUT2D eigenvalue weighted by molar-refractivity contribution is 0.127. The molecule has 3 nitrogen and oxygen atoms in total. The van der Waals surface area contributed by atoms with Crippen LogP contribution in [0.25, 0.3) is 0 Å². The molecule has 1 N–H and O–H groups in total. The van der Waals surface area contributed by atoms with Crippen molar-refractivity contribution in [3.05, 3.63) is 29.3 Å². The van der Waals surface area contributed by atoms with E-state index in [1.165, 1.54) is 11.1 Å². The average molecular weight is 237 g/mol. The fourth-order valence-electron chi connectivity index (χ4n) is 1.68. The number of hydrogen-bond acceptors (Lipinski definition) is 3. The van der Waals surface area contributed by atoms with Crippen LogP contribution in [0.4, 0.5) is 0 Å². The minimum atomic E-state index is 0.347. The van der Waals surface area contributed by atoms with Crippen LogP contribution in [0.3, 0.4) is 0 Å². The molecular formula is C14H23NO2. The Bertz CT molecular complexity index is 339. The Morgan fingerprint density at radius 3 is 2.76 bits per heavy atom. The summed E-state index contributed by atoms with van der Waals surface area (Å²) in [5, 5.41) is 3.43. The van der Waals surface area contributed by atoms with Crippen molar-refractivity contribution < 1.29 is 9.47 Å². The summed E-state index contributed by atoms with van der Waals surface area (Å²) in [5.74, 6) is 0.937. The zero-order chi connectivity index (χ0) is 12.7. The number of rotatable bonds is 7. The van der Waals surface area contributed by atoms with E-state index in [-0.39, 0.29) is 0 Å². The topological polar surface area (TPSA) is 30.5 Å². The molecule has 3 heteroatoms. The summed E-state index contributed by atoms with van der Waals surface area (Å²) in [6.07, 6.45) is 0. The van der Waals surface area contributed by atoms with E-state index in [0.717, 1.165) is 25.5 Å². The molecule has 1 unspecified atom stereocenters. The molecule has 0 aliphatic carbocycles. The first-order chi connectivity index (χ1) is 8.17. The van der Waals surface area contributed by atoms with E-state index < -0.39 is 0 Å². The molecule has 0 aliphatic heterocycles. The van der Waals surface area contributed by atoms with Crippen LogP contribution in [0, 0.1) is 6.92 Å². The molecule has 1 atom stereocenters. The lowest BCUT2D eigenvalue weighted by Crippen LogP contribution is -2.30. The van der Waals surface area contributed by atoms with Gasteiger partial charge in [-0.15, -0.1) is 0 Å². The first-order valence-corrected chi connectivity index (χ1v) is 6.12. The van der Waals surface area contributed by atoms with E-state index >= 15 is 0 Å². The highest BCUT2D eigenvalue weighted by Gasteiger charge is 2.05. The number of methoxy groups -OCH3 is 1. The van der Waals surface area contributed by atoms with Gasteiger partial charge in [0.2, 0.25) is 0 Å². The minimum absolute atomic E-state index is 0.347. The third-order valence-corrected chi connectivity index (χ3v) is 2.65. The third kappa shape index (κ3) is 4.75. The second-order valence-electron chi connectivity index (χ2n) is 4.26. The summed E-state index contributed by atoms with van der Waals surface area (Å²) in [6.45, 7) is 8.53. The van der Waals surface area contributed by atoms with Crippen LogP contribution in [-0.4, -0.2) is 26.4 Å². The van der Waals surface area contributed by atoms with E-state index in [2.05, 4.69) is 31.3 Å². The van der Waals surface area contributed by atoms with Gasteiger partial charge < -0.3 is 14.8 Å². The average Bonchev–Trinajstić information content (AvgIpc) is 2.34. The number of ether oxygens (including phenoxy) is 2. The molecule has 1 aromatic carbocycles. The van der Waals surface area contributed by atoms with Gasteiger partial charge in [-0.05, 0) is 26.8 Å². The molecule has 0 saturated heterocycles. The lowest BCUT2D eigenvalue weighted by Gasteiger charge is -2.15. The predicted molar refractivity (Wildman–Crippen MR) is 70.5 cm³/mol. The number of hydrogen-bond donors (Lipinski definition) is 1. The van der Waals surface area contributed by atoms with Crippen LogP contribution < -0.4 is 10.1 Å². The molecule has 0 radical (unpaired) electrons. The Hall–Kier alpha value is -1.06. The van der Waals surface area contributed by atoms with Gasteiger partial charge >= 0.3 is 0 Å². The maximum absolute atomic E-state index is 5.37. The van der Waals surface area contributed by atoms with Crippen molar-refractivity contribution in [3.8, 4) is 5.75 Å². The minimum Gasteiger partial charge on any atom is -0.496 e. The molecule has 0 spiro atoms. The standard InChI is InChI=1S/C14H23NO2/c1-5-17-10-12(3)15-9-13-8-11(2)6-7-14(13)16-4/h6-8,12,15H,5,9-10H2,1-4H3. The summed E-state index contributed by atoms with van der Waals surface area (Å²) in [7, 11) is 1.71. The van der Waals surface area contributed by atoms with Crippen LogP contribution in [0.2, 0.25) is 0 Å². The molecule has 0 fully saturated rings. The first-order valence-electron chi connectivity index (χ1n) is 6.12. The Morgan fingerprint density at radius 2 is 2.12 bits per heavy atom. The highest BCUT2D eigenvalue weighted by atomic mass is 16.5. The lowest BCUT2D eigenvalue weighted by atomic mass is 10.1. The Kier molecular flexibility index (Phi) is 6.01. The molecule has 0 aliphatic rings. The predicted octanol–water partition coefficient (Wildman–Crippen LogP) is 2.52. The highest BCUT2D eigenvalue weighted by molar-refractivity contribution is 5.36. The van der Waals surface area contributed by atoms with Gasteiger partial charge in [-0.2, -0.15) is 0 Å². The van der Waals surface area contributed by atoms with E-state index in [0.29, 0.717) is 6.04 Å². The van der Waals surface area contributed by atoms with Gasteiger partial charge in [-0.1, -0.05) is 17.7 Å². The van der Waals surface area contributed by atoms with Gasteiger partial charge in [0, 0.05) is 24.8 Å². The molecule has 1 aromatic rings. The third-order valence-electron chi connectivity index (χ3n) is 2.65. The zero-order valence-corrected chi connectivity index (χ0v) is 11.2. The number of nitrogens with one attached hydrogen (secondary N) is 1.